The van der Waals surface area contributed by atoms with Gasteiger partial charge >= 0.3 is 24.5 Å². The first-order valence-corrected chi connectivity index (χ1v) is 15.5. The maximum atomic E-state index is 13.0. The predicted octanol–water partition coefficient (Wildman–Crippen LogP) is 3.22. The van der Waals surface area contributed by atoms with Crippen LogP contribution in [0.2, 0.25) is 0 Å². The lowest BCUT2D eigenvalue weighted by molar-refractivity contribution is 0.0731. The van der Waals surface area contributed by atoms with Gasteiger partial charge in [0.2, 0.25) is 0 Å². The van der Waals surface area contributed by atoms with E-state index in [1.165, 1.54) is 14.1 Å². The molecule has 6 heterocycles. The van der Waals surface area contributed by atoms with Crippen LogP contribution in [0.4, 0.5) is 17.6 Å². The molecular formula is C30H34F4N10O6. The van der Waals surface area contributed by atoms with Crippen LogP contribution in [0, 0.1) is 13.8 Å². The molecule has 0 spiro atoms. The number of imidazole rings is 2. The SMILES string of the molecule is Cc1cc(CCCCn2c(=O)c3c(ncn3C(F)F)n(C)c2=O)on1.Cc1cc(CCCCn2c(=O)c3ncn(C(F)F)c3n(C)c2=O)on1. The van der Waals surface area contributed by atoms with E-state index in [9.17, 15) is 36.7 Å². The van der Waals surface area contributed by atoms with Crippen molar-refractivity contribution in [2.24, 2.45) is 14.1 Å². The van der Waals surface area contributed by atoms with E-state index in [0.717, 1.165) is 53.8 Å². The lowest BCUT2D eigenvalue weighted by Gasteiger charge is -2.10. The number of halogens is 4. The van der Waals surface area contributed by atoms with Crippen molar-refractivity contribution in [1.82, 2.24) is 47.7 Å². The summed E-state index contributed by atoms with van der Waals surface area (Å²) in [6.45, 7) is -1.84. The third-order valence-corrected chi connectivity index (χ3v) is 7.99. The van der Waals surface area contributed by atoms with Crippen LogP contribution in [0.15, 0.2) is 53.0 Å². The fourth-order valence-electron chi connectivity index (χ4n) is 5.50. The normalized spacial score (nSPS) is 11.7. The summed E-state index contributed by atoms with van der Waals surface area (Å²) in [4.78, 5) is 57.1. The molecule has 0 atom stereocenters. The summed E-state index contributed by atoms with van der Waals surface area (Å²) in [6.07, 6.45) is 5.41. The molecule has 0 aromatic carbocycles. The first-order chi connectivity index (χ1) is 23.8. The van der Waals surface area contributed by atoms with Crippen LogP contribution in [0.25, 0.3) is 22.3 Å². The second kappa shape index (κ2) is 14.9. The van der Waals surface area contributed by atoms with Gasteiger partial charge in [-0.15, -0.1) is 0 Å². The maximum Gasteiger partial charge on any atom is 0.332 e. The van der Waals surface area contributed by atoms with Crippen molar-refractivity contribution in [1.29, 1.82) is 0 Å². The van der Waals surface area contributed by atoms with Gasteiger partial charge in [0.05, 0.1) is 11.4 Å². The molecule has 16 nitrogen and oxygen atoms in total. The third kappa shape index (κ3) is 7.22. The van der Waals surface area contributed by atoms with Crippen LogP contribution >= 0.6 is 0 Å². The van der Waals surface area contributed by atoms with Gasteiger partial charge in [0.25, 0.3) is 11.1 Å². The van der Waals surface area contributed by atoms with Crippen LogP contribution in [0.3, 0.4) is 0 Å². The fraction of sp³-hybridized carbons (Fsp3) is 0.467. The van der Waals surface area contributed by atoms with Crippen molar-refractivity contribution in [2.45, 2.75) is 78.6 Å². The minimum Gasteiger partial charge on any atom is -0.361 e. The molecule has 0 unspecified atom stereocenters. The van der Waals surface area contributed by atoms with Crippen molar-refractivity contribution < 1.29 is 26.6 Å². The third-order valence-electron chi connectivity index (χ3n) is 7.99. The van der Waals surface area contributed by atoms with Gasteiger partial charge in [0, 0.05) is 52.2 Å². The molecule has 20 heteroatoms. The Hall–Kier alpha value is -5.56. The van der Waals surface area contributed by atoms with Gasteiger partial charge in [0.15, 0.2) is 22.3 Å². The monoisotopic (exact) mass is 706 g/mol. The molecule has 0 aliphatic rings. The highest BCUT2D eigenvalue weighted by atomic mass is 19.3. The van der Waals surface area contributed by atoms with E-state index in [0.29, 0.717) is 47.7 Å². The van der Waals surface area contributed by atoms with Crippen molar-refractivity contribution in [3.8, 4) is 0 Å². The zero-order chi connectivity index (χ0) is 36.3. The van der Waals surface area contributed by atoms with Crippen molar-refractivity contribution in [3.05, 3.63) is 89.4 Å². The number of nitrogens with zero attached hydrogens (tertiary/aromatic N) is 10. The highest BCUT2D eigenvalue weighted by Crippen LogP contribution is 2.17. The average molecular weight is 707 g/mol. The number of fused-ring (bicyclic) bond motifs is 2. The molecule has 0 aliphatic heterocycles. The number of rotatable bonds is 12. The van der Waals surface area contributed by atoms with Crippen molar-refractivity contribution >= 4 is 22.3 Å². The van der Waals surface area contributed by atoms with E-state index < -0.39 is 35.6 Å². The Bertz CT molecular complexity index is 2360. The predicted molar refractivity (Wildman–Crippen MR) is 169 cm³/mol. The molecule has 50 heavy (non-hydrogen) atoms. The molecular weight excluding hydrogens is 672 g/mol. The fourth-order valence-corrected chi connectivity index (χ4v) is 5.50. The Morgan fingerprint density at radius 3 is 1.68 bits per heavy atom. The summed E-state index contributed by atoms with van der Waals surface area (Å²) in [7, 11) is 2.75. The summed E-state index contributed by atoms with van der Waals surface area (Å²) in [6, 6.07) is 3.65. The van der Waals surface area contributed by atoms with E-state index in [-0.39, 0.29) is 35.4 Å². The molecule has 0 amide bonds. The lowest BCUT2D eigenvalue weighted by Crippen LogP contribution is -2.39. The number of unbranched alkanes of at least 4 members (excludes halogenated alkanes) is 2. The summed E-state index contributed by atoms with van der Waals surface area (Å²) in [5, 5.41) is 7.57. The maximum absolute atomic E-state index is 13.0. The van der Waals surface area contributed by atoms with Crippen LogP contribution in [0.5, 0.6) is 0 Å². The first-order valence-electron chi connectivity index (χ1n) is 15.5. The number of hydrogen-bond acceptors (Lipinski definition) is 10. The summed E-state index contributed by atoms with van der Waals surface area (Å²) < 4.78 is 67.3. The molecule has 0 aliphatic carbocycles. The zero-order valence-electron chi connectivity index (χ0n) is 27.6. The Morgan fingerprint density at radius 2 is 1.18 bits per heavy atom. The second-order valence-corrected chi connectivity index (χ2v) is 11.6. The minimum absolute atomic E-state index is 0.0521. The number of aromatic nitrogens is 10. The van der Waals surface area contributed by atoms with Gasteiger partial charge in [0.1, 0.15) is 24.2 Å². The Kier molecular flexibility index (Phi) is 10.7. The highest BCUT2D eigenvalue weighted by Gasteiger charge is 2.21. The molecule has 6 aromatic heterocycles. The Morgan fingerprint density at radius 1 is 0.680 bits per heavy atom. The lowest BCUT2D eigenvalue weighted by atomic mass is 10.2. The molecule has 0 bridgehead atoms. The van der Waals surface area contributed by atoms with E-state index in [2.05, 4.69) is 20.3 Å². The molecule has 0 N–H and O–H groups in total. The number of hydrogen-bond donors (Lipinski definition) is 0. The van der Waals surface area contributed by atoms with Gasteiger partial charge in [-0.2, -0.15) is 17.6 Å². The van der Waals surface area contributed by atoms with E-state index in [1.54, 1.807) is 0 Å². The van der Waals surface area contributed by atoms with Gasteiger partial charge in [-0.1, -0.05) is 10.3 Å². The largest absolute Gasteiger partial charge is 0.361 e. The van der Waals surface area contributed by atoms with Crippen molar-refractivity contribution in [3.63, 3.8) is 0 Å². The summed E-state index contributed by atoms with van der Waals surface area (Å²) in [5.74, 6) is 1.47. The molecule has 6 rings (SSSR count). The Balaban J connectivity index is 0.000000194. The van der Waals surface area contributed by atoms with Gasteiger partial charge in [-0.05, 0) is 39.5 Å². The van der Waals surface area contributed by atoms with Gasteiger partial charge < -0.3 is 9.05 Å². The summed E-state index contributed by atoms with van der Waals surface area (Å²) >= 11 is 0. The zero-order valence-corrected chi connectivity index (χ0v) is 27.6. The molecule has 6 aromatic rings. The van der Waals surface area contributed by atoms with Crippen LogP contribution in [0.1, 0.15) is 61.7 Å². The average Bonchev–Trinajstić information content (AvgIpc) is 3.89. The van der Waals surface area contributed by atoms with Crippen molar-refractivity contribution in [2.75, 3.05) is 0 Å². The van der Waals surface area contributed by atoms with Crippen LogP contribution in [-0.2, 0) is 40.0 Å². The number of aryl methyl sites for hydroxylation is 6. The van der Waals surface area contributed by atoms with Gasteiger partial charge in [-0.25, -0.2) is 19.6 Å². The number of alkyl halides is 4. The quantitative estimate of drug-likeness (QED) is 0.136. The summed E-state index contributed by atoms with van der Waals surface area (Å²) in [5.41, 5.74) is -1.72. The van der Waals surface area contributed by atoms with Crippen LogP contribution < -0.4 is 22.5 Å². The first kappa shape index (κ1) is 35.7. The topological polar surface area (TPSA) is 176 Å². The molecule has 0 radical (unpaired) electrons. The molecule has 268 valence electrons. The molecule has 0 saturated carbocycles. The van der Waals surface area contributed by atoms with E-state index in [1.807, 2.05) is 26.0 Å². The van der Waals surface area contributed by atoms with E-state index in [4.69, 9.17) is 9.05 Å². The molecule has 0 saturated heterocycles. The van der Waals surface area contributed by atoms with Crippen LogP contribution in [-0.4, -0.2) is 47.7 Å². The second-order valence-electron chi connectivity index (χ2n) is 11.6. The highest BCUT2D eigenvalue weighted by molar-refractivity contribution is 5.70. The Labute approximate surface area is 278 Å². The molecule has 0 fully saturated rings. The van der Waals surface area contributed by atoms with Gasteiger partial charge in [-0.3, -0.25) is 37.0 Å². The minimum atomic E-state index is -2.90. The standard InChI is InChI=1S/2C15H17F2N5O3/c1-9-7-10(25-19-9)5-3-4-6-21-13(23)11-12(20(2)15(21)24)18-8-22(11)14(16)17;1-9-7-10(25-19-9)5-3-4-6-21-13(23)11-12(20(2)15(21)24)22(8-18-11)14(16)17/h2*7-8,14H,3-6H2,1-2H3. The smallest absolute Gasteiger partial charge is 0.332 e. The van der Waals surface area contributed by atoms with E-state index >= 15 is 0 Å².